The van der Waals surface area contributed by atoms with Crippen LogP contribution < -0.4 is 5.32 Å². The third kappa shape index (κ3) is 3.22. The van der Waals surface area contributed by atoms with Gasteiger partial charge in [0.1, 0.15) is 0 Å². The fourth-order valence-corrected chi connectivity index (χ4v) is 2.89. The summed E-state index contributed by atoms with van der Waals surface area (Å²) in [4.78, 5) is 2.00. The molecule has 2 rings (SSSR count). The maximum Gasteiger partial charge on any atom is 0.194 e. The van der Waals surface area contributed by atoms with Crippen LogP contribution in [0, 0.1) is 22.9 Å². The van der Waals surface area contributed by atoms with Crippen molar-refractivity contribution < 1.29 is 18.3 Å². The van der Waals surface area contributed by atoms with Gasteiger partial charge in [0.2, 0.25) is 0 Å². The van der Waals surface area contributed by atoms with E-state index >= 15 is 0 Å². The summed E-state index contributed by atoms with van der Waals surface area (Å²) in [7, 11) is 0. The van der Waals surface area contributed by atoms with Gasteiger partial charge >= 0.3 is 0 Å². The Morgan fingerprint density at radius 1 is 1.19 bits per heavy atom. The Kier molecular flexibility index (Phi) is 4.91. The predicted molar refractivity (Wildman–Crippen MR) is 74.4 cm³/mol. The van der Waals surface area contributed by atoms with E-state index in [2.05, 4.69) is 5.32 Å². The Labute approximate surface area is 122 Å². The van der Waals surface area contributed by atoms with Gasteiger partial charge in [-0.05, 0) is 6.07 Å². The third-order valence-electron chi connectivity index (χ3n) is 4.02. The van der Waals surface area contributed by atoms with Gasteiger partial charge in [-0.1, -0.05) is 19.9 Å². The summed E-state index contributed by atoms with van der Waals surface area (Å²) in [5.41, 5.74) is -0.586. The minimum absolute atomic E-state index is 0.0925. The molecule has 21 heavy (non-hydrogen) atoms. The molecule has 0 spiro atoms. The van der Waals surface area contributed by atoms with E-state index in [4.69, 9.17) is 0 Å². The van der Waals surface area contributed by atoms with Crippen molar-refractivity contribution in [3.8, 4) is 0 Å². The lowest BCUT2D eigenvalue weighted by Gasteiger charge is -2.43. The first-order valence-corrected chi connectivity index (χ1v) is 7.07. The van der Waals surface area contributed by atoms with Crippen molar-refractivity contribution in [3.63, 3.8) is 0 Å². The fraction of sp³-hybridized carbons (Fsp3) is 0.600. The van der Waals surface area contributed by atoms with E-state index in [1.165, 1.54) is 6.07 Å². The molecule has 0 aromatic heterocycles. The number of nitrogens with zero attached hydrogens (tertiary/aromatic N) is 1. The zero-order chi connectivity index (χ0) is 15.6. The number of halogens is 3. The van der Waals surface area contributed by atoms with Gasteiger partial charge in [-0.25, -0.2) is 13.2 Å². The van der Waals surface area contributed by atoms with E-state index in [9.17, 15) is 18.3 Å². The smallest absolute Gasteiger partial charge is 0.194 e. The summed E-state index contributed by atoms with van der Waals surface area (Å²) in [6.07, 6.45) is 0. The van der Waals surface area contributed by atoms with Crippen molar-refractivity contribution in [2.75, 3.05) is 32.8 Å². The van der Waals surface area contributed by atoms with E-state index in [0.29, 0.717) is 13.1 Å². The lowest BCUT2D eigenvalue weighted by molar-refractivity contribution is 0.0282. The summed E-state index contributed by atoms with van der Waals surface area (Å²) < 4.78 is 40.9. The number of rotatable bonds is 4. The van der Waals surface area contributed by atoms with Crippen LogP contribution in [-0.4, -0.2) is 42.8 Å². The summed E-state index contributed by atoms with van der Waals surface area (Å²) >= 11 is 0. The highest BCUT2D eigenvalue weighted by atomic mass is 19.2. The quantitative estimate of drug-likeness (QED) is 0.836. The first-order chi connectivity index (χ1) is 9.88. The Morgan fingerprint density at radius 2 is 1.81 bits per heavy atom. The topological polar surface area (TPSA) is 35.5 Å². The molecule has 2 N–H and O–H groups in total. The number of hydrogen-bond acceptors (Lipinski definition) is 3. The Hall–Kier alpha value is -1.11. The van der Waals surface area contributed by atoms with Crippen molar-refractivity contribution in [1.29, 1.82) is 0 Å². The van der Waals surface area contributed by atoms with Gasteiger partial charge in [-0.15, -0.1) is 0 Å². The Bertz CT molecular complexity index is 502. The normalized spacial score (nSPS) is 18.8. The number of piperazine rings is 1. The molecule has 1 aromatic rings. The molecular weight excluding hydrogens is 281 g/mol. The van der Waals surface area contributed by atoms with Gasteiger partial charge < -0.3 is 10.4 Å². The van der Waals surface area contributed by atoms with E-state index in [1.54, 1.807) is 13.8 Å². The Morgan fingerprint density at radius 3 is 2.38 bits per heavy atom. The van der Waals surface area contributed by atoms with Crippen LogP contribution in [0.2, 0.25) is 0 Å². The maximum absolute atomic E-state index is 14.2. The van der Waals surface area contributed by atoms with Crippen LogP contribution in [-0.2, 0) is 0 Å². The number of hydrogen-bond donors (Lipinski definition) is 2. The van der Waals surface area contributed by atoms with Crippen molar-refractivity contribution in [1.82, 2.24) is 10.2 Å². The molecule has 0 saturated carbocycles. The molecule has 1 saturated heterocycles. The van der Waals surface area contributed by atoms with Crippen molar-refractivity contribution in [2.24, 2.45) is 5.41 Å². The zero-order valence-electron chi connectivity index (χ0n) is 12.3. The van der Waals surface area contributed by atoms with Gasteiger partial charge in [0.15, 0.2) is 17.5 Å². The highest BCUT2D eigenvalue weighted by Crippen LogP contribution is 2.40. The molecule has 0 unspecified atom stereocenters. The van der Waals surface area contributed by atoms with E-state index in [-0.39, 0.29) is 12.2 Å². The second-order valence-electron chi connectivity index (χ2n) is 6.10. The van der Waals surface area contributed by atoms with Crippen LogP contribution in [0.25, 0.3) is 0 Å². The second kappa shape index (κ2) is 6.34. The third-order valence-corrected chi connectivity index (χ3v) is 4.02. The van der Waals surface area contributed by atoms with Gasteiger partial charge in [-0.2, -0.15) is 0 Å². The van der Waals surface area contributed by atoms with Crippen LogP contribution in [0.3, 0.4) is 0 Å². The summed E-state index contributed by atoms with van der Waals surface area (Å²) in [6, 6.07) is 1.70. The highest BCUT2D eigenvalue weighted by molar-refractivity contribution is 5.26. The van der Waals surface area contributed by atoms with Crippen molar-refractivity contribution in [2.45, 2.75) is 19.9 Å². The first-order valence-electron chi connectivity index (χ1n) is 7.07. The fourth-order valence-electron chi connectivity index (χ4n) is 2.89. The monoisotopic (exact) mass is 302 g/mol. The standard InChI is InChI=1S/C15H21F3N2O/c1-15(2,9-21)14(20-7-5-19-6-8-20)10-3-4-11(16)13(18)12(10)17/h3-4,14,19,21H,5-9H2,1-2H3/t14-/m1/s1. The van der Waals surface area contributed by atoms with Crippen LogP contribution >= 0.6 is 0 Å². The molecule has 0 bridgehead atoms. The molecule has 1 fully saturated rings. The molecule has 6 heteroatoms. The molecular formula is C15H21F3N2O. The summed E-state index contributed by atoms with van der Waals surface area (Å²) in [6.45, 7) is 6.20. The van der Waals surface area contributed by atoms with Crippen molar-refractivity contribution in [3.05, 3.63) is 35.1 Å². The lowest BCUT2D eigenvalue weighted by atomic mass is 9.79. The average Bonchev–Trinajstić information content (AvgIpc) is 2.48. The zero-order valence-corrected chi connectivity index (χ0v) is 12.3. The number of aliphatic hydroxyl groups is 1. The summed E-state index contributed by atoms with van der Waals surface area (Å²) in [5.74, 6) is -3.82. The van der Waals surface area contributed by atoms with Gasteiger partial charge in [0, 0.05) is 49.8 Å². The molecule has 1 heterocycles. The minimum atomic E-state index is -1.46. The number of benzene rings is 1. The molecule has 0 radical (unpaired) electrons. The molecule has 1 atom stereocenters. The van der Waals surface area contributed by atoms with Gasteiger partial charge in [0.05, 0.1) is 0 Å². The molecule has 1 aliphatic heterocycles. The van der Waals surface area contributed by atoms with Crippen LogP contribution in [0.15, 0.2) is 12.1 Å². The van der Waals surface area contributed by atoms with Crippen molar-refractivity contribution >= 4 is 0 Å². The highest BCUT2D eigenvalue weighted by Gasteiger charge is 2.38. The predicted octanol–water partition coefficient (Wildman–Crippen LogP) is 2.07. The van der Waals surface area contributed by atoms with Crippen LogP contribution in [0.1, 0.15) is 25.5 Å². The lowest BCUT2D eigenvalue weighted by Crippen LogP contribution is -2.49. The van der Waals surface area contributed by atoms with E-state index < -0.39 is 28.9 Å². The molecule has 1 aliphatic rings. The maximum atomic E-state index is 14.2. The van der Waals surface area contributed by atoms with E-state index in [0.717, 1.165) is 19.2 Å². The molecule has 0 amide bonds. The Balaban J connectivity index is 2.47. The summed E-state index contributed by atoms with van der Waals surface area (Å²) in [5, 5.41) is 12.8. The second-order valence-corrected chi connectivity index (χ2v) is 6.10. The average molecular weight is 302 g/mol. The van der Waals surface area contributed by atoms with Gasteiger partial charge in [0.25, 0.3) is 0 Å². The molecule has 118 valence electrons. The number of aliphatic hydroxyl groups excluding tert-OH is 1. The van der Waals surface area contributed by atoms with E-state index in [1.807, 2.05) is 4.90 Å². The largest absolute Gasteiger partial charge is 0.396 e. The molecule has 1 aromatic carbocycles. The SMILES string of the molecule is CC(C)(CO)[C@@H](c1ccc(F)c(F)c1F)N1CCNCC1. The van der Waals surface area contributed by atoms with Crippen LogP contribution in [0.4, 0.5) is 13.2 Å². The molecule has 3 nitrogen and oxygen atoms in total. The van der Waals surface area contributed by atoms with Crippen LogP contribution in [0.5, 0.6) is 0 Å². The number of nitrogens with one attached hydrogen (secondary N) is 1. The first kappa shape index (κ1) is 16.3. The molecule has 0 aliphatic carbocycles. The minimum Gasteiger partial charge on any atom is -0.396 e. The van der Waals surface area contributed by atoms with Gasteiger partial charge in [-0.3, -0.25) is 4.90 Å².